The van der Waals surface area contributed by atoms with Crippen LogP contribution in [0, 0.1) is 40.4 Å². The molecule has 7 rings (SSSR count). The van der Waals surface area contributed by atoms with E-state index in [1.807, 2.05) is 37.6 Å². The van der Waals surface area contributed by atoms with Gasteiger partial charge in [0.15, 0.2) is 29.6 Å². The van der Waals surface area contributed by atoms with Gasteiger partial charge in [-0.3, -0.25) is 19.3 Å². The third-order valence-corrected chi connectivity index (χ3v) is 21.6. The number of likely N-dealkylation sites (N-methyl/N-ethyl adjacent to an activating group) is 1. The van der Waals surface area contributed by atoms with Crippen molar-refractivity contribution in [1.29, 1.82) is 0 Å². The van der Waals surface area contributed by atoms with Gasteiger partial charge in [-0.05, 0) is 149 Å². The number of ether oxygens (including phenoxy) is 6. The summed E-state index contributed by atoms with van der Waals surface area (Å²) < 4.78 is 71.5. The topological polar surface area (TPSA) is 287 Å². The molecule has 0 aromatic heterocycles. The lowest BCUT2D eigenvalue weighted by Gasteiger charge is -2.63. The predicted molar refractivity (Wildman–Crippen MR) is 300 cm³/mol. The van der Waals surface area contributed by atoms with E-state index in [9.17, 15) is 55.2 Å². The molecule has 83 heavy (non-hydrogen) atoms. The molecule has 0 aromatic rings. The Balaban J connectivity index is 1.17. The molecule has 7 aliphatic rings. The van der Waals surface area contributed by atoms with E-state index >= 15 is 8.78 Å². The van der Waals surface area contributed by atoms with E-state index in [1.54, 1.807) is 41.5 Å². The highest BCUT2D eigenvalue weighted by atomic mass is 19.1. The number of fused-ring (bicyclic) bond motifs is 5. The first-order chi connectivity index (χ1) is 38.4. The van der Waals surface area contributed by atoms with Crippen molar-refractivity contribution in [1.82, 2.24) is 15.1 Å². The summed E-state index contributed by atoms with van der Waals surface area (Å²) in [5, 5.41) is 101. The van der Waals surface area contributed by atoms with Crippen molar-refractivity contribution in [2.45, 2.75) is 261 Å². The Morgan fingerprint density at radius 3 is 2.17 bits per heavy atom. The number of amides is 1. The SMILES string of the molecule is CC[C@H]1OC(=O)[C@H](C)[C@@H](O[C@H]2C[C@@](C)(OC)[C@@H](O)[C@H](C)O2)[C@H](O)[C@@H](O[C@@H]2O[C@H](C)C[C@H](N(C)CC)[C@H]2O)[C@](C)(O)C[C@@H](C)CN(CCCNC(=O)[C@@]2(O)[C@H](C)CC3C4C[C@H](F)C5=CC(=O)C=C[C@]5(C)[C@@]4(F)[C@@H](O)C[C@@]32C)[C@H](C)[C@@H](O)[C@]1(C)O. The molecule has 3 saturated carbocycles. The van der Waals surface area contributed by atoms with E-state index in [2.05, 4.69) is 5.32 Å². The van der Waals surface area contributed by atoms with Gasteiger partial charge in [0.1, 0.15) is 54.5 Å². The average Bonchev–Trinajstić information content (AvgIpc) is 1.69. The van der Waals surface area contributed by atoms with E-state index < -0.39 is 178 Å². The number of allylic oxidation sites excluding steroid dienone is 4. The lowest BCUT2D eigenvalue weighted by Crippen LogP contribution is -2.71. The molecule has 0 bridgehead atoms. The molecule has 6 fully saturated rings. The minimum absolute atomic E-state index is 0.0219. The van der Waals surface area contributed by atoms with Gasteiger partial charge >= 0.3 is 5.97 Å². The molecule has 476 valence electrons. The first kappa shape index (κ1) is 67.9. The van der Waals surface area contributed by atoms with Crippen LogP contribution in [0.1, 0.15) is 141 Å². The molecule has 2 unspecified atom stereocenters. The Labute approximate surface area is 489 Å². The number of hydrogen-bond donors (Lipinski definition) is 9. The summed E-state index contributed by atoms with van der Waals surface area (Å²) in [5.41, 5.74) is -12.9. The van der Waals surface area contributed by atoms with Gasteiger partial charge in [-0.1, -0.05) is 40.7 Å². The number of methoxy groups -OCH3 is 1. The molecule has 3 saturated heterocycles. The van der Waals surface area contributed by atoms with Gasteiger partial charge < -0.3 is 79.5 Å². The van der Waals surface area contributed by atoms with Crippen molar-refractivity contribution in [2.75, 3.05) is 40.3 Å². The molecule has 3 heterocycles. The lowest BCUT2D eigenvalue weighted by atomic mass is 9.44. The summed E-state index contributed by atoms with van der Waals surface area (Å²) in [6.07, 6.45) is -14.0. The van der Waals surface area contributed by atoms with Crippen LogP contribution in [0.3, 0.4) is 0 Å². The van der Waals surface area contributed by atoms with E-state index in [4.69, 9.17) is 28.4 Å². The Hall–Kier alpha value is -2.65. The lowest BCUT2D eigenvalue weighted by molar-refractivity contribution is -0.326. The van der Waals surface area contributed by atoms with Crippen molar-refractivity contribution in [3.05, 3.63) is 23.8 Å². The van der Waals surface area contributed by atoms with Crippen molar-refractivity contribution >= 4 is 17.7 Å². The number of hydrogen-bond acceptors (Lipinski definition) is 19. The number of carbonyl (C=O) groups is 3. The van der Waals surface area contributed by atoms with E-state index in [-0.39, 0.29) is 70.2 Å². The van der Waals surface area contributed by atoms with Gasteiger partial charge in [0.25, 0.3) is 5.91 Å². The van der Waals surface area contributed by atoms with Crippen LogP contribution in [0.25, 0.3) is 0 Å². The minimum atomic E-state index is -2.40. The standard InChI is InChI=1S/C61H101F2N3O17/c1-16-44-59(13,76)49(71)35(7)66(22-18-21-64-54(74)61(77)32(4)23-38-39-26-41(62)40-25-37(67)19-20-55(40,9)60(39,63)43(68)28-56(38,61)10)30-31(3)27-57(11,75)51(83-53-46(69)42(65(14)17-2)24-33(5)79-53)47(70)48(34(6)52(73)81-44)82-45-29-58(12,78-15)50(72)36(8)80-45/h19-20,25,31-36,38-39,41-51,53,68-72,75-77H,16-18,21-24,26-30H2,1-15H3,(H,64,74)/t31-,32-,33-,34-,35-,36+,38?,39?,41+,42+,43+,44-,45+,46-,47+,48-,49-,50+,51-,53+,55+,56+,57-,58-,59-,60+,61+/m1/s1. The highest BCUT2D eigenvalue weighted by molar-refractivity contribution is 6.01. The number of cyclic esters (lactones) is 1. The number of nitrogens with one attached hydrogen (secondary N) is 1. The maximum atomic E-state index is 17.9. The van der Waals surface area contributed by atoms with Crippen LogP contribution in [0.15, 0.2) is 23.8 Å². The Bertz CT molecular complexity index is 2370. The monoisotopic (exact) mass is 1190 g/mol. The zero-order chi connectivity index (χ0) is 62.1. The number of esters is 1. The summed E-state index contributed by atoms with van der Waals surface area (Å²) in [5.74, 6) is -6.63. The van der Waals surface area contributed by atoms with E-state index in [0.717, 1.165) is 6.08 Å². The molecule has 0 aromatic carbocycles. The maximum absolute atomic E-state index is 17.9. The molecule has 0 spiro atoms. The van der Waals surface area contributed by atoms with Crippen LogP contribution in [0.5, 0.6) is 0 Å². The Morgan fingerprint density at radius 2 is 1.54 bits per heavy atom. The van der Waals surface area contributed by atoms with Gasteiger partial charge in [0.2, 0.25) is 0 Å². The quantitative estimate of drug-likeness (QED) is 0.0946. The second-order valence-electron chi connectivity index (χ2n) is 27.3. The molecule has 9 N–H and O–H groups in total. The van der Waals surface area contributed by atoms with Gasteiger partial charge in [0, 0.05) is 62.0 Å². The average molecular weight is 1190 g/mol. The third-order valence-electron chi connectivity index (χ3n) is 21.6. The first-order valence-electron chi connectivity index (χ1n) is 30.4. The molecule has 3 aliphatic heterocycles. The summed E-state index contributed by atoms with van der Waals surface area (Å²) in [4.78, 5) is 45.4. The zero-order valence-electron chi connectivity index (χ0n) is 51.7. The smallest absolute Gasteiger partial charge is 0.311 e. The first-order valence-corrected chi connectivity index (χ1v) is 30.4. The molecular weight excluding hydrogens is 1080 g/mol. The number of aliphatic hydroxyl groups excluding tert-OH is 5. The number of carbonyl (C=O) groups excluding carboxylic acids is 3. The fourth-order valence-electron chi connectivity index (χ4n) is 16.3. The van der Waals surface area contributed by atoms with Crippen LogP contribution < -0.4 is 5.32 Å². The van der Waals surface area contributed by atoms with Crippen molar-refractivity contribution in [3.8, 4) is 0 Å². The van der Waals surface area contributed by atoms with Gasteiger partial charge in [0.05, 0.1) is 35.4 Å². The van der Waals surface area contributed by atoms with Crippen LogP contribution in [0.2, 0.25) is 0 Å². The molecule has 22 heteroatoms. The molecule has 0 radical (unpaired) electrons. The van der Waals surface area contributed by atoms with Crippen molar-refractivity contribution in [2.24, 2.45) is 40.4 Å². The second kappa shape index (κ2) is 25.1. The maximum Gasteiger partial charge on any atom is 0.311 e. The fourth-order valence-corrected chi connectivity index (χ4v) is 16.3. The van der Waals surface area contributed by atoms with Gasteiger partial charge in [-0.15, -0.1) is 0 Å². The van der Waals surface area contributed by atoms with Crippen molar-refractivity contribution < 1.29 is 92.4 Å². The van der Waals surface area contributed by atoms with E-state index in [1.165, 1.54) is 47.0 Å². The normalized spacial score (nSPS) is 50.3. The highest BCUT2D eigenvalue weighted by Crippen LogP contribution is 2.71. The number of rotatable bonds is 13. The van der Waals surface area contributed by atoms with Gasteiger partial charge in [-0.25, -0.2) is 8.78 Å². The molecule has 20 nitrogen and oxygen atoms in total. The van der Waals surface area contributed by atoms with Crippen LogP contribution in [-0.2, 0) is 42.8 Å². The summed E-state index contributed by atoms with van der Waals surface area (Å²) in [6.45, 7) is 22.2. The number of nitrogens with zero attached hydrogens (tertiary/aromatic N) is 2. The van der Waals surface area contributed by atoms with Crippen LogP contribution >= 0.6 is 0 Å². The largest absolute Gasteiger partial charge is 0.459 e. The highest BCUT2D eigenvalue weighted by Gasteiger charge is 2.77. The Morgan fingerprint density at radius 1 is 0.880 bits per heavy atom. The Kier molecular flexibility index (Phi) is 20.5. The van der Waals surface area contributed by atoms with Crippen LogP contribution in [-0.4, -0.2) is 229 Å². The van der Waals surface area contributed by atoms with Gasteiger partial charge in [-0.2, -0.15) is 0 Å². The van der Waals surface area contributed by atoms with E-state index in [0.29, 0.717) is 13.0 Å². The predicted octanol–water partition coefficient (Wildman–Crippen LogP) is 3.19. The summed E-state index contributed by atoms with van der Waals surface area (Å²) >= 11 is 0. The molecule has 27 atom stereocenters. The third kappa shape index (κ3) is 12.1. The number of halogens is 2. The molecular formula is C61H101F2N3O17. The van der Waals surface area contributed by atoms with Crippen molar-refractivity contribution in [3.63, 3.8) is 0 Å². The number of alkyl halides is 2. The zero-order valence-corrected chi connectivity index (χ0v) is 51.7. The molecule has 4 aliphatic carbocycles. The summed E-state index contributed by atoms with van der Waals surface area (Å²) in [6, 6.07) is -1.33. The number of ketones is 1. The summed E-state index contributed by atoms with van der Waals surface area (Å²) in [7, 11) is 3.28. The molecule has 1 amide bonds. The fraction of sp³-hybridized carbons (Fsp3) is 0.885. The van der Waals surface area contributed by atoms with Crippen LogP contribution in [0.4, 0.5) is 8.78 Å². The minimum Gasteiger partial charge on any atom is -0.459 e. The number of aliphatic hydroxyl groups is 8. The second-order valence-corrected chi connectivity index (χ2v) is 27.3.